The number of hydrogen-bond donors (Lipinski definition) is 2. The van der Waals surface area contributed by atoms with Gasteiger partial charge in [-0.25, -0.2) is 0 Å². The highest BCUT2D eigenvalue weighted by Gasteiger charge is 2.39. The van der Waals surface area contributed by atoms with Gasteiger partial charge in [0.1, 0.15) is 6.04 Å². The molecule has 6 nitrogen and oxygen atoms in total. The second kappa shape index (κ2) is 6.91. The highest BCUT2D eigenvalue weighted by Crippen LogP contribution is 2.23. The topological polar surface area (TPSA) is 84.7 Å². The lowest BCUT2D eigenvalue weighted by atomic mass is 9.89. The number of nitrogens with two attached hydrogens (primary N) is 1. The molecule has 0 aromatic heterocycles. The number of piperidine rings is 1. The van der Waals surface area contributed by atoms with E-state index in [-0.39, 0.29) is 11.8 Å². The lowest BCUT2D eigenvalue weighted by Crippen LogP contribution is -2.62. The summed E-state index contributed by atoms with van der Waals surface area (Å²) in [6.07, 6.45) is 2.48. The fourth-order valence-electron chi connectivity index (χ4n) is 3.25. The molecule has 2 fully saturated rings. The second-order valence-corrected chi connectivity index (χ2v) is 6.76. The Morgan fingerprint density at radius 1 is 1.29 bits per heavy atom. The van der Waals surface area contributed by atoms with Crippen molar-refractivity contribution >= 4 is 17.5 Å². The summed E-state index contributed by atoms with van der Waals surface area (Å²) >= 11 is 0. The third-order valence-corrected chi connectivity index (χ3v) is 4.93. The van der Waals surface area contributed by atoms with Crippen LogP contribution in [-0.4, -0.2) is 43.2 Å². The minimum atomic E-state index is -0.926. The lowest BCUT2D eigenvalue weighted by Gasteiger charge is -2.36. The van der Waals surface area contributed by atoms with E-state index in [1.807, 2.05) is 31.2 Å². The van der Waals surface area contributed by atoms with E-state index in [4.69, 9.17) is 10.5 Å². The van der Waals surface area contributed by atoms with Crippen LogP contribution in [0.1, 0.15) is 31.2 Å². The number of rotatable bonds is 3. The monoisotopic (exact) mass is 331 g/mol. The first-order valence-corrected chi connectivity index (χ1v) is 8.55. The molecular formula is C18H25N3O3. The minimum absolute atomic E-state index is 0.0610. The molecule has 1 aromatic rings. The number of nitrogens with one attached hydrogen (secondary N) is 1. The van der Waals surface area contributed by atoms with Crippen molar-refractivity contribution in [3.63, 3.8) is 0 Å². The summed E-state index contributed by atoms with van der Waals surface area (Å²) in [5, 5.41) is 2.88. The van der Waals surface area contributed by atoms with E-state index >= 15 is 0 Å². The summed E-state index contributed by atoms with van der Waals surface area (Å²) in [6.45, 7) is 3.66. The quantitative estimate of drug-likeness (QED) is 0.869. The van der Waals surface area contributed by atoms with E-state index in [1.54, 1.807) is 4.90 Å². The zero-order valence-electron chi connectivity index (χ0n) is 14.1. The van der Waals surface area contributed by atoms with Gasteiger partial charge in [0.05, 0.1) is 5.54 Å². The predicted molar refractivity (Wildman–Crippen MR) is 91.7 cm³/mol. The van der Waals surface area contributed by atoms with E-state index in [0.717, 1.165) is 17.7 Å². The average molecular weight is 331 g/mol. The number of hydrogen-bond acceptors (Lipinski definition) is 4. The summed E-state index contributed by atoms with van der Waals surface area (Å²) in [7, 11) is 0. The lowest BCUT2D eigenvalue weighted by molar-refractivity contribution is -0.134. The zero-order chi connectivity index (χ0) is 17.2. The number of amides is 2. The maximum atomic E-state index is 12.8. The number of carbonyl (C=O) groups excluding carboxylic acids is 2. The molecule has 1 unspecified atom stereocenters. The standard InChI is InChI=1S/C18H25N3O3/c1-13-4-6-14(7-5-13)21-10-2-3-15(16(21)22)20-17(23)18(19)8-11-24-12-9-18/h4-7,15H,2-3,8-12,19H2,1H3,(H,20,23). The first kappa shape index (κ1) is 16.9. The normalized spacial score (nSPS) is 23.8. The average Bonchev–Trinajstić information content (AvgIpc) is 2.58. The Kier molecular flexibility index (Phi) is 4.87. The van der Waals surface area contributed by atoms with Gasteiger partial charge in [-0.15, -0.1) is 0 Å². The first-order chi connectivity index (χ1) is 11.5. The Balaban J connectivity index is 1.68. The molecule has 1 aromatic carbocycles. The summed E-state index contributed by atoms with van der Waals surface area (Å²) in [4.78, 5) is 27.1. The van der Waals surface area contributed by atoms with Crippen LogP contribution < -0.4 is 16.0 Å². The predicted octanol–water partition coefficient (Wildman–Crippen LogP) is 1.11. The molecule has 2 aliphatic heterocycles. The summed E-state index contributed by atoms with van der Waals surface area (Å²) in [5.74, 6) is -0.302. The molecule has 0 radical (unpaired) electrons. The van der Waals surface area contributed by atoms with Crippen molar-refractivity contribution in [2.24, 2.45) is 5.73 Å². The highest BCUT2D eigenvalue weighted by atomic mass is 16.5. The molecule has 2 saturated heterocycles. The molecule has 0 aliphatic carbocycles. The third-order valence-electron chi connectivity index (χ3n) is 4.93. The molecule has 3 N–H and O–H groups in total. The van der Waals surface area contributed by atoms with Crippen molar-refractivity contribution < 1.29 is 14.3 Å². The smallest absolute Gasteiger partial charge is 0.249 e. The van der Waals surface area contributed by atoms with Crippen LogP contribution in [-0.2, 0) is 14.3 Å². The molecular weight excluding hydrogens is 306 g/mol. The Bertz CT molecular complexity index is 608. The van der Waals surface area contributed by atoms with E-state index in [0.29, 0.717) is 39.0 Å². The van der Waals surface area contributed by atoms with Gasteiger partial charge in [0.25, 0.3) is 0 Å². The Morgan fingerprint density at radius 3 is 2.62 bits per heavy atom. The van der Waals surface area contributed by atoms with Gasteiger partial charge in [-0.2, -0.15) is 0 Å². The van der Waals surface area contributed by atoms with Crippen molar-refractivity contribution in [3.8, 4) is 0 Å². The van der Waals surface area contributed by atoms with Crippen molar-refractivity contribution in [1.82, 2.24) is 5.32 Å². The molecule has 24 heavy (non-hydrogen) atoms. The first-order valence-electron chi connectivity index (χ1n) is 8.55. The summed E-state index contributed by atoms with van der Waals surface area (Å²) in [5.41, 5.74) is 7.31. The van der Waals surface area contributed by atoms with Crippen LogP contribution in [0.5, 0.6) is 0 Å². The number of nitrogens with zero attached hydrogens (tertiary/aromatic N) is 1. The van der Waals surface area contributed by atoms with Crippen LogP contribution >= 0.6 is 0 Å². The van der Waals surface area contributed by atoms with Crippen LogP contribution in [0.3, 0.4) is 0 Å². The van der Waals surface area contributed by atoms with Crippen LogP contribution in [0.2, 0.25) is 0 Å². The van der Waals surface area contributed by atoms with Crippen molar-refractivity contribution in [1.29, 1.82) is 0 Å². The largest absolute Gasteiger partial charge is 0.381 e. The fraction of sp³-hybridized carbons (Fsp3) is 0.556. The molecule has 1 atom stereocenters. The van der Waals surface area contributed by atoms with Crippen LogP contribution in [0, 0.1) is 6.92 Å². The number of carbonyl (C=O) groups is 2. The molecule has 0 spiro atoms. The Labute approximate surface area is 142 Å². The van der Waals surface area contributed by atoms with Gasteiger partial charge in [-0.3, -0.25) is 9.59 Å². The van der Waals surface area contributed by atoms with Gasteiger partial charge in [-0.1, -0.05) is 17.7 Å². The fourth-order valence-corrected chi connectivity index (χ4v) is 3.25. The molecule has 2 aliphatic rings. The Morgan fingerprint density at radius 2 is 1.96 bits per heavy atom. The molecule has 2 amide bonds. The SMILES string of the molecule is Cc1ccc(N2CCCC(NC(=O)C3(N)CCOCC3)C2=O)cc1. The van der Waals surface area contributed by atoms with Gasteiger partial charge >= 0.3 is 0 Å². The number of anilines is 1. The van der Waals surface area contributed by atoms with Crippen molar-refractivity contribution in [2.45, 2.75) is 44.2 Å². The second-order valence-electron chi connectivity index (χ2n) is 6.76. The number of benzene rings is 1. The molecule has 0 bridgehead atoms. The van der Waals surface area contributed by atoms with E-state index in [2.05, 4.69) is 5.32 Å². The number of aryl methyl sites for hydroxylation is 1. The summed E-state index contributed by atoms with van der Waals surface area (Å²) < 4.78 is 5.28. The minimum Gasteiger partial charge on any atom is -0.381 e. The van der Waals surface area contributed by atoms with Crippen LogP contribution in [0.15, 0.2) is 24.3 Å². The van der Waals surface area contributed by atoms with E-state index in [1.165, 1.54) is 0 Å². The maximum Gasteiger partial charge on any atom is 0.249 e. The molecule has 6 heteroatoms. The summed E-state index contributed by atoms with van der Waals surface area (Å²) in [6, 6.07) is 7.36. The van der Waals surface area contributed by atoms with Gasteiger partial charge in [0, 0.05) is 25.4 Å². The Hall–Kier alpha value is -1.92. The van der Waals surface area contributed by atoms with Crippen molar-refractivity contribution in [2.75, 3.05) is 24.7 Å². The molecule has 130 valence electrons. The van der Waals surface area contributed by atoms with Crippen LogP contribution in [0.25, 0.3) is 0 Å². The molecule has 2 heterocycles. The van der Waals surface area contributed by atoms with E-state index in [9.17, 15) is 9.59 Å². The zero-order valence-corrected chi connectivity index (χ0v) is 14.1. The number of ether oxygens (including phenoxy) is 1. The molecule has 0 saturated carbocycles. The van der Waals surface area contributed by atoms with Gasteiger partial charge in [-0.05, 0) is 44.7 Å². The van der Waals surface area contributed by atoms with Crippen LogP contribution in [0.4, 0.5) is 5.69 Å². The van der Waals surface area contributed by atoms with Gasteiger partial charge < -0.3 is 20.7 Å². The third kappa shape index (κ3) is 3.44. The molecule has 3 rings (SSSR count). The van der Waals surface area contributed by atoms with Gasteiger partial charge in [0.15, 0.2) is 0 Å². The maximum absolute atomic E-state index is 12.8. The van der Waals surface area contributed by atoms with E-state index < -0.39 is 11.6 Å². The van der Waals surface area contributed by atoms with Crippen molar-refractivity contribution in [3.05, 3.63) is 29.8 Å². The highest BCUT2D eigenvalue weighted by molar-refractivity contribution is 6.01. The van der Waals surface area contributed by atoms with Gasteiger partial charge in [0.2, 0.25) is 11.8 Å².